The van der Waals surface area contributed by atoms with Gasteiger partial charge in [0.05, 0.1) is 11.0 Å². The fourth-order valence-corrected chi connectivity index (χ4v) is 2.45. The highest BCUT2D eigenvalue weighted by molar-refractivity contribution is 5.76. The first-order chi connectivity index (χ1) is 7.16. The van der Waals surface area contributed by atoms with E-state index in [1.54, 1.807) is 0 Å². The number of aryl methyl sites for hydroxylation is 1. The zero-order chi connectivity index (χ0) is 10.5. The number of rotatable bonds is 0. The smallest absolute Gasteiger partial charge is 0.109 e. The maximum absolute atomic E-state index is 4.68. The van der Waals surface area contributed by atoms with Crippen molar-refractivity contribution >= 4 is 11.0 Å². The molecule has 0 spiro atoms. The molecule has 2 heterocycles. The number of nitrogens with zero attached hydrogens (tertiary/aromatic N) is 2. The first-order valence-corrected chi connectivity index (χ1v) is 5.60. The molecule has 0 unspecified atom stereocenters. The van der Waals surface area contributed by atoms with E-state index in [4.69, 9.17) is 0 Å². The molecule has 0 aliphatic carbocycles. The topological polar surface area (TPSA) is 17.8 Å². The average molecular weight is 200 g/mol. The van der Waals surface area contributed by atoms with Crippen LogP contribution in [0.1, 0.15) is 26.1 Å². The fraction of sp³-hybridized carbons (Fsp3) is 0.462. The summed E-state index contributed by atoms with van der Waals surface area (Å²) in [5, 5.41) is 0. The summed E-state index contributed by atoms with van der Waals surface area (Å²) in [7, 11) is 0. The highest BCUT2D eigenvalue weighted by Crippen LogP contribution is 2.32. The average Bonchev–Trinajstić information content (AvgIpc) is 2.55. The zero-order valence-corrected chi connectivity index (χ0v) is 9.33. The van der Waals surface area contributed by atoms with Gasteiger partial charge in [-0.25, -0.2) is 4.98 Å². The van der Waals surface area contributed by atoms with Crippen molar-refractivity contribution in [2.75, 3.05) is 0 Å². The van der Waals surface area contributed by atoms with Gasteiger partial charge in [0, 0.05) is 13.0 Å². The lowest BCUT2D eigenvalue weighted by Gasteiger charge is -2.30. The lowest BCUT2D eigenvalue weighted by molar-refractivity contribution is 0.251. The molecule has 1 aromatic heterocycles. The van der Waals surface area contributed by atoms with Crippen LogP contribution in [0.4, 0.5) is 0 Å². The molecule has 1 aromatic carbocycles. The molecule has 0 bridgehead atoms. The Bertz CT molecular complexity index is 508. The van der Waals surface area contributed by atoms with Crippen molar-refractivity contribution < 1.29 is 0 Å². The van der Waals surface area contributed by atoms with Gasteiger partial charge >= 0.3 is 0 Å². The van der Waals surface area contributed by atoms with Crippen molar-refractivity contribution in [3.05, 3.63) is 30.1 Å². The summed E-state index contributed by atoms with van der Waals surface area (Å²) in [6.45, 7) is 5.78. The van der Waals surface area contributed by atoms with Crippen LogP contribution in [0.2, 0.25) is 0 Å². The second-order valence-electron chi connectivity index (χ2n) is 5.27. The standard InChI is InChI=1S/C13H16N2/c1-13(2)8-7-12-14-10-5-3-4-6-11(10)15(12)9-13/h3-6H,7-9H2,1-2H3. The van der Waals surface area contributed by atoms with Gasteiger partial charge in [-0.1, -0.05) is 26.0 Å². The van der Waals surface area contributed by atoms with Crippen molar-refractivity contribution in [2.45, 2.75) is 33.2 Å². The summed E-state index contributed by atoms with van der Waals surface area (Å²) < 4.78 is 2.39. The third kappa shape index (κ3) is 1.36. The number of aromatic nitrogens is 2. The number of hydrogen-bond donors (Lipinski definition) is 0. The van der Waals surface area contributed by atoms with E-state index >= 15 is 0 Å². The van der Waals surface area contributed by atoms with Gasteiger partial charge in [0.25, 0.3) is 0 Å². The maximum Gasteiger partial charge on any atom is 0.109 e. The molecule has 1 aliphatic rings. The minimum Gasteiger partial charge on any atom is -0.327 e. The van der Waals surface area contributed by atoms with E-state index < -0.39 is 0 Å². The maximum atomic E-state index is 4.68. The highest BCUT2D eigenvalue weighted by atomic mass is 15.1. The molecule has 1 aliphatic heterocycles. The summed E-state index contributed by atoms with van der Waals surface area (Å²) in [4.78, 5) is 4.68. The van der Waals surface area contributed by atoms with Gasteiger partial charge in [0.15, 0.2) is 0 Å². The molecule has 78 valence electrons. The first-order valence-electron chi connectivity index (χ1n) is 5.60. The number of hydrogen-bond acceptors (Lipinski definition) is 1. The van der Waals surface area contributed by atoms with Gasteiger partial charge < -0.3 is 4.57 Å². The molecule has 0 N–H and O–H groups in total. The molecule has 0 saturated carbocycles. The van der Waals surface area contributed by atoms with Crippen LogP contribution in [-0.4, -0.2) is 9.55 Å². The first kappa shape index (κ1) is 8.96. The molecule has 0 atom stereocenters. The van der Waals surface area contributed by atoms with Gasteiger partial charge in [-0.05, 0) is 24.0 Å². The van der Waals surface area contributed by atoms with Gasteiger partial charge in [-0.3, -0.25) is 0 Å². The normalized spacial score (nSPS) is 19.1. The molecule has 2 heteroatoms. The van der Waals surface area contributed by atoms with Crippen LogP contribution in [0.15, 0.2) is 24.3 Å². The van der Waals surface area contributed by atoms with Crippen LogP contribution in [0.3, 0.4) is 0 Å². The van der Waals surface area contributed by atoms with Crippen molar-refractivity contribution in [1.82, 2.24) is 9.55 Å². The third-order valence-corrected chi connectivity index (χ3v) is 3.35. The van der Waals surface area contributed by atoms with Crippen LogP contribution in [-0.2, 0) is 13.0 Å². The number of para-hydroxylation sites is 2. The molecule has 2 aromatic rings. The summed E-state index contributed by atoms with van der Waals surface area (Å²) in [5.74, 6) is 1.26. The molecule has 15 heavy (non-hydrogen) atoms. The van der Waals surface area contributed by atoms with E-state index in [2.05, 4.69) is 47.7 Å². The Hall–Kier alpha value is -1.31. The van der Waals surface area contributed by atoms with E-state index in [0.717, 1.165) is 18.5 Å². The van der Waals surface area contributed by atoms with E-state index in [1.165, 1.54) is 17.8 Å². The number of benzene rings is 1. The predicted octanol–water partition coefficient (Wildman–Crippen LogP) is 3.01. The van der Waals surface area contributed by atoms with Gasteiger partial charge in [0.2, 0.25) is 0 Å². The van der Waals surface area contributed by atoms with Crippen molar-refractivity contribution in [1.29, 1.82) is 0 Å². The van der Waals surface area contributed by atoms with Crippen molar-refractivity contribution in [3.63, 3.8) is 0 Å². The van der Waals surface area contributed by atoms with E-state index in [-0.39, 0.29) is 0 Å². The summed E-state index contributed by atoms with van der Waals surface area (Å²) in [6.07, 6.45) is 2.36. The highest BCUT2D eigenvalue weighted by Gasteiger charge is 2.26. The SMILES string of the molecule is CC1(C)CCc2nc3ccccc3n2C1. The van der Waals surface area contributed by atoms with Crippen LogP contribution >= 0.6 is 0 Å². The quantitative estimate of drug-likeness (QED) is 0.639. The van der Waals surface area contributed by atoms with Crippen molar-refractivity contribution in [3.8, 4) is 0 Å². The molecule has 0 saturated heterocycles. The van der Waals surface area contributed by atoms with Crippen LogP contribution < -0.4 is 0 Å². The Morgan fingerprint density at radius 2 is 2.07 bits per heavy atom. The fourth-order valence-electron chi connectivity index (χ4n) is 2.45. The lowest BCUT2D eigenvalue weighted by Crippen LogP contribution is -2.27. The number of fused-ring (bicyclic) bond motifs is 3. The Labute approximate surface area is 89.9 Å². The monoisotopic (exact) mass is 200 g/mol. The van der Waals surface area contributed by atoms with Gasteiger partial charge in [0.1, 0.15) is 5.82 Å². The molecule has 0 radical (unpaired) electrons. The van der Waals surface area contributed by atoms with Gasteiger partial charge in [-0.2, -0.15) is 0 Å². The molecule has 3 rings (SSSR count). The minimum absolute atomic E-state index is 0.413. The molecule has 2 nitrogen and oxygen atoms in total. The number of imidazole rings is 1. The Balaban J connectivity index is 2.22. The lowest BCUT2D eigenvalue weighted by atomic mass is 9.85. The van der Waals surface area contributed by atoms with E-state index in [1.807, 2.05) is 0 Å². The summed E-state index contributed by atoms with van der Waals surface area (Å²) in [6, 6.07) is 8.44. The largest absolute Gasteiger partial charge is 0.327 e. The second kappa shape index (κ2) is 2.84. The van der Waals surface area contributed by atoms with Crippen molar-refractivity contribution in [2.24, 2.45) is 5.41 Å². The zero-order valence-electron chi connectivity index (χ0n) is 9.33. The molecular formula is C13H16N2. The summed E-state index contributed by atoms with van der Waals surface area (Å²) >= 11 is 0. The Kier molecular flexibility index (Phi) is 1.70. The Morgan fingerprint density at radius 1 is 1.27 bits per heavy atom. The van der Waals surface area contributed by atoms with Crippen LogP contribution in [0.5, 0.6) is 0 Å². The van der Waals surface area contributed by atoms with Crippen LogP contribution in [0.25, 0.3) is 11.0 Å². The molecule has 0 amide bonds. The van der Waals surface area contributed by atoms with Gasteiger partial charge in [-0.15, -0.1) is 0 Å². The third-order valence-electron chi connectivity index (χ3n) is 3.35. The van der Waals surface area contributed by atoms with Crippen LogP contribution in [0, 0.1) is 5.41 Å². The van der Waals surface area contributed by atoms with E-state index in [0.29, 0.717) is 5.41 Å². The molecular weight excluding hydrogens is 184 g/mol. The predicted molar refractivity (Wildman–Crippen MR) is 61.8 cm³/mol. The minimum atomic E-state index is 0.413. The summed E-state index contributed by atoms with van der Waals surface area (Å²) in [5.41, 5.74) is 2.85. The second-order valence-corrected chi connectivity index (χ2v) is 5.27. The van der Waals surface area contributed by atoms with E-state index in [9.17, 15) is 0 Å². The molecule has 0 fully saturated rings. The Morgan fingerprint density at radius 3 is 2.93 bits per heavy atom.